The van der Waals surface area contributed by atoms with Crippen molar-refractivity contribution in [2.45, 2.75) is 24.8 Å². The summed E-state index contributed by atoms with van der Waals surface area (Å²) in [6.45, 7) is 0.208. The molecule has 1 aromatic heterocycles. The number of carboxylic acids is 1. The summed E-state index contributed by atoms with van der Waals surface area (Å²) in [4.78, 5) is 39.6. The number of benzene rings is 3. The van der Waals surface area contributed by atoms with E-state index in [9.17, 15) is 19.5 Å². The number of ether oxygens (including phenoxy) is 1. The summed E-state index contributed by atoms with van der Waals surface area (Å²) in [6, 6.07) is 22.6. The normalized spacial score (nSPS) is 13.0. The molecule has 8 heteroatoms. The van der Waals surface area contributed by atoms with Crippen molar-refractivity contribution in [1.29, 1.82) is 0 Å². The van der Waals surface area contributed by atoms with Gasteiger partial charge in [-0.3, -0.25) is 4.79 Å². The molecular weight excluding hydrogens is 470 g/mol. The maximum Gasteiger partial charge on any atom is 0.407 e. The number of hydrogen-bond acceptors (Lipinski definition) is 4. The Morgan fingerprint density at radius 1 is 0.919 bits per heavy atom. The average molecular weight is 498 g/mol. The zero-order valence-corrected chi connectivity index (χ0v) is 20.1. The molecule has 4 aromatic rings. The SMILES string of the molecule is O=C(CCNC(=O)OCC1c2ccccc2-c2ccccc21)NC(Cc1c[nH]c2ccccc12)C(=O)O. The van der Waals surface area contributed by atoms with Crippen LogP contribution in [-0.4, -0.2) is 47.3 Å². The topological polar surface area (TPSA) is 121 Å². The Hall–Kier alpha value is -4.59. The van der Waals surface area contributed by atoms with Gasteiger partial charge in [0.25, 0.3) is 0 Å². The quantitative estimate of drug-likeness (QED) is 0.276. The highest BCUT2D eigenvalue weighted by Gasteiger charge is 2.29. The van der Waals surface area contributed by atoms with Crippen molar-refractivity contribution >= 4 is 28.9 Å². The summed E-state index contributed by atoms with van der Waals surface area (Å²) < 4.78 is 5.47. The molecule has 1 aliphatic rings. The first-order valence-corrected chi connectivity index (χ1v) is 12.2. The van der Waals surface area contributed by atoms with Gasteiger partial charge in [0.05, 0.1) is 0 Å². The lowest BCUT2D eigenvalue weighted by molar-refractivity contribution is -0.141. The molecule has 1 heterocycles. The lowest BCUT2D eigenvalue weighted by Gasteiger charge is -2.15. The van der Waals surface area contributed by atoms with Gasteiger partial charge in [-0.25, -0.2) is 9.59 Å². The van der Waals surface area contributed by atoms with Crippen LogP contribution in [0.1, 0.15) is 29.0 Å². The molecule has 4 N–H and O–H groups in total. The van der Waals surface area contributed by atoms with Crippen LogP contribution < -0.4 is 10.6 Å². The van der Waals surface area contributed by atoms with E-state index in [-0.39, 0.29) is 31.9 Å². The van der Waals surface area contributed by atoms with Crippen molar-refractivity contribution < 1.29 is 24.2 Å². The van der Waals surface area contributed by atoms with Crippen LogP contribution in [-0.2, 0) is 20.7 Å². The van der Waals surface area contributed by atoms with Crippen LogP contribution in [0, 0.1) is 0 Å². The summed E-state index contributed by atoms with van der Waals surface area (Å²) in [5, 5.41) is 15.7. The van der Waals surface area contributed by atoms with E-state index in [0.29, 0.717) is 0 Å². The maximum atomic E-state index is 12.4. The number of carboxylic acid groups (broad SMARTS) is 1. The zero-order valence-electron chi connectivity index (χ0n) is 20.1. The molecule has 0 saturated heterocycles. The third-order valence-corrected chi connectivity index (χ3v) is 6.70. The highest BCUT2D eigenvalue weighted by atomic mass is 16.5. The molecule has 188 valence electrons. The first kappa shape index (κ1) is 24.1. The lowest BCUT2D eigenvalue weighted by atomic mass is 9.98. The number of aliphatic carboxylic acids is 1. The van der Waals surface area contributed by atoms with Crippen molar-refractivity contribution in [3.05, 3.63) is 95.7 Å². The van der Waals surface area contributed by atoms with Gasteiger partial charge in [0.1, 0.15) is 12.6 Å². The monoisotopic (exact) mass is 497 g/mol. The Kier molecular flexibility index (Phi) is 6.89. The van der Waals surface area contributed by atoms with Gasteiger partial charge in [0, 0.05) is 42.4 Å². The average Bonchev–Trinajstić information content (AvgIpc) is 3.46. The third-order valence-electron chi connectivity index (χ3n) is 6.70. The zero-order chi connectivity index (χ0) is 25.8. The van der Waals surface area contributed by atoms with Gasteiger partial charge in [0.2, 0.25) is 5.91 Å². The van der Waals surface area contributed by atoms with Gasteiger partial charge < -0.3 is 25.5 Å². The summed E-state index contributed by atoms with van der Waals surface area (Å²) in [7, 11) is 0. The first-order chi connectivity index (χ1) is 18.0. The minimum atomic E-state index is -1.12. The van der Waals surface area contributed by atoms with Crippen molar-refractivity contribution in [3.63, 3.8) is 0 Å². The number of rotatable bonds is 9. The molecule has 0 saturated carbocycles. The molecule has 8 nitrogen and oxygen atoms in total. The molecule has 0 fully saturated rings. The molecule has 0 bridgehead atoms. The van der Waals surface area contributed by atoms with Crippen LogP contribution >= 0.6 is 0 Å². The predicted molar refractivity (Wildman–Crippen MR) is 139 cm³/mol. The van der Waals surface area contributed by atoms with Gasteiger partial charge in [-0.1, -0.05) is 66.7 Å². The van der Waals surface area contributed by atoms with Gasteiger partial charge in [-0.05, 0) is 33.9 Å². The molecule has 5 rings (SSSR count). The Morgan fingerprint density at radius 3 is 2.27 bits per heavy atom. The van der Waals surface area contributed by atoms with Crippen LogP contribution in [0.2, 0.25) is 0 Å². The van der Waals surface area contributed by atoms with Gasteiger partial charge in [-0.2, -0.15) is 0 Å². The Morgan fingerprint density at radius 2 is 1.57 bits per heavy atom. The van der Waals surface area contributed by atoms with E-state index >= 15 is 0 Å². The highest BCUT2D eigenvalue weighted by molar-refractivity contribution is 5.87. The van der Waals surface area contributed by atoms with E-state index in [0.717, 1.165) is 38.7 Å². The number of nitrogens with one attached hydrogen (secondary N) is 3. The Labute approximate surface area is 213 Å². The summed E-state index contributed by atoms with van der Waals surface area (Å²) in [5.74, 6) is -1.64. The molecular formula is C29H27N3O5. The lowest BCUT2D eigenvalue weighted by Crippen LogP contribution is -2.43. The van der Waals surface area contributed by atoms with E-state index in [4.69, 9.17) is 4.74 Å². The smallest absolute Gasteiger partial charge is 0.407 e. The fourth-order valence-electron chi connectivity index (χ4n) is 4.91. The van der Waals surface area contributed by atoms with E-state index < -0.39 is 24.0 Å². The van der Waals surface area contributed by atoms with E-state index in [1.165, 1.54) is 0 Å². The molecule has 0 spiro atoms. The number of carbonyl (C=O) groups is 3. The second-order valence-corrected chi connectivity index (χ2v) is 9.02. The number of alkyl carbamates (subject to hydrolysis) is 1. The largest absolute Gasteiger partial charge is 0.480 e. The number of hydrogen-bond donors (Lipinski definition) is 4. The highest BCUT2D eigenvalue weighted by Crippen LogP contribution is 2.44. The van der Waals surface area contributed by atoms with E-state index in [2.05, 4.69) is 27.8 Å². The Bertz CT molecular complexity index is 1420. The number of H-pyrrole nitrogens is 1. The number of fused-ring (bicyclic) bond motifs is 4. The summed E-state index contributed by atoms with van der Waals surface area (Å²) in [5.41, 5.74) is 6.23. The first-order valence-electron chi connectivity index (χ1n) is 12.2. The molecule has 0 aliphatic heterocycles. The fourth-order valence-corrected chi connectivity index (χ4v) is 4.91. The number of aromatic nitrogens is 1. The number of amides is 2. The summed E-state index contributed by atoms with van der Waals surface area (Å²) >= 11 is 0. The van der Waals surface area contributed by atoms with Gasteiger partial charge >= 0.3 is 12.1 Å². The van der Waals surface area contributed by atoms with Crippen molar-refractivity contribution in [1.82, 2.24) is 15.6 Å². The molecule has 37 heavy (non-hydrogen) atoms. The van der Waals surface area contributed by atoms with Gasteiger partial charge in [-0.15, -0.1) is 0 Å². The van der Waals surface area contributed by atoms with Crippen LogP contribution in [0.15, 0.2) is 79.0 Å². The molecule has 1 atom stereocenters. The van der Waals surface area contributed by atoms with Crippen molar-refractivity contribution in [2.75, 3.05) is 13.2 Å². The molecule has 0 radical (unpaired) electrons. The number of aromatic amines is 1. The summed E-state index contributed by atoms with van der Waals surface area (Å²) in [6.07, 6.45) is 1.21. The van der Waals surface area contributed by atoms with E-state index in [1.54, 1.807) is 6.20 Å². The van der Waals surface area contributed by atoms with Crippen LogP contribution in [0.5, 0.6) is 0 Å². The molecule has 1 unspecified atom stereocenters. The standard InChI is InChI=1S/C29H27N3O5/c33-27(32-26(28(34)35)15-18-16-31-25-12-6-5-7-19(18)25)13-14-30-29(36)37-17-24-22-10-3-1-8-20(22)21-9-2-4-11-23(21)24/h1-12,16,24,26,31H,13-15,17H2,(H,30,36)(H,32,33)(H,34,35). The third kappa shape index (κ3) is 5.18. The second-order valence-electron chi connectivity index (χ2n) is 9.02. The molecule has 1 aliphatic carbocycles. The minimum absolute atomic E-state index is 0.0297. The van der Waals surface area contributed by atoms with E-state index in [1.807, 2.05) is 60.7 Å². The van der Waals surface area contributed by atoms with Crippen LogP contribution in [0.3, 0.4) is 0 Å². The van der Waals surface area contributed by atoms with Crippen LogP contribution in [0.4, 0.5) is 4.79 Å². The maximum absolute atomic E-state index is 12.4. The Balaban J connectivity index is 1.10. The van der Waals surface area contributed by atoms with Crippen molar-refractivity contribution in [3.8, 4) is 11.1 Å². The van der Waals surface area contributed by atoms with Gasteiger partial charge in [0.15, 0.2) is 0 Å². The fraction of sp³-hybridized carbons (Fsp3) is 0.207. The second kappa shape index (κ2) is 10.6. The minimum Gasteiger partial charge on any atom is -0.480 e. The van der Waals surface area contributed by atoms with Crippen molar-refractivity contribution in [2.24, 2.45) is 0 Å². The van der Waals surface area contributed by atoms with Crippen LogP contribution in [0.25, 0.3) is 22.0 Å². The molecule has 2 amide bonds. The number of carbonyl (C=O) groups excluding carboxylic acids is 2. The predicted octanol–water partition coefficient (Wildman–Crippen LogP) is 4.21. The number of para-hydroxylation sites is 1. The molecule has 3 aromatic carbocycles.